The fraction of sp³-hybridized carbons (Fsp3) is 0.560. The van der Waals surface area contributed by atoms with Crippen molar-refractivity contribution in [2.24, 2.45) is 17.8 Å². The van der Waals surface area contributed by atoms with Gasteiger partial charge >= 0.3 is 0 Å². The molecular formula is C25H26N2O6S. The molecule has 2 unspecified atom stereocenters. The van der Waals surface area contributed by atoms with Gasteiger partial charge in [-0.15, -0.1) is 11.3 Å². The zero-order chi connectivity index (χ0) is 23.4. The molecule has 4 fully saturated rings. The van der Waals surface area contributed by atoms with E-state index in [0.29, 0.717) is 64.0 Å². The predicted octanol–water partition coefficient (Wildman–Crippen LogP) is 3.20. The number of fused-ring (bicyclic) bond motifs is 2. The van der Waals surface area contributed by atoms with Crippen molar-refractivity contribution in [3.63, 3.8) is 0 Å². The summed E-state index contributed by atoms with van der Waals surface area (Å²) in [6.07, 6.45) is 5.67. The molecule has 2 aromatic heterocycles. The summed E-state index contributed by atoms with van der Waals surface area (Å²) >= 11 is 1.47. The Kier molecular flexibility index (Phi) is 5.38. The van der Waals surface area contributed by atoms with Crippen molar-refractivity contribution >= 4 is 28.7 Å². The molecule has 9 heteroatoms. The summed E-state index contributed by atoms with van der Waals surface area (Å²) in [5.41, 5.74) is -0.641. The van der Waals surface area contributed by atoms with Crippen LogP contribution in [0.5, 0.6) is 0 Å². The average molecular weight is 483 g/mol. The summed E-state index contributed by atoms with van der Waals surface area (Å²) in [7, 11) is 0. The molecule has 3 heterocycles. The maximum atomic E-state index is 13.8. The molecule has 1 saturated heterocycles. The van der Waals surface area contributed by atoms with Gasteiger partial charge in [-0.3, -0.25) is 23.7 Å². The summed E-state index contributed by atoms with van der Waals surface area (Å²) in [6, 6.07) is 3.60. The second-order valence-corrected chi connectivity index (χ2v) is 10.7. The van der Waals surface area contributed by atoms with Crippen LogP contribution >= 0.6 is 11.3 Å². The van der Waals surface area contributed by atoms with Crippen LogP contribution in [0.25, 0.3) is 10.7 Å². The van der Waals surface area contributed by atoms with Gasteiger partial charge in [-0.05, 0) is 43.6 Å². The standard InChI is InChI=1S/C25H26N2O6S/c28-20-14-3-4-15(12-14)21(29)19(20)22(30)17-13-26-23(18-2-1-11-34-18)27(24(17)31)16-5-7-25(8-6-16)32-9-10-33-25/h1-2,11,13-16,19H,3-10,12H2. The lowest BCUT2D eigenvalue weighted by Crippen LogP contribution is -2.44. The minimum atomic E-state index is -1.36. The largest absolute Gasteiger partial charge is 0.348 e. The van der Waals surface area contributed by atoms with Gasteiger partial charge in [0.05, 0.1) is 18.1 Å². The first kappa shape index (κ1) is 22.0. The Balaban J connectivity index is 1.38. The first-order chi connectivity index (χ1) is 16.5. The van der Waals surface area contributed by atoms with Crippen LogP contribution in [-0.2, 0) is 19.1 Å². The maximum Gasteiger partial charge on any atom is 0.264 e. The summed E-state index contributed by atoms with van der Waals surface area (Å²) in [4.78, 5) is 58.4. The predicted molar refractivity (Wildman–Crippen MR) is 123 cm³/mol. The van der Waals surface area contributed by atoms with Gasteiger partial charge in [-0.2, -0.15) is 0 Å². The van der Waals surface area contributed by atoms with Gasteiger partial charge in [0.15, 0.2) is 29.0 Å². The fourth-order valence-corrected chi connectivity index (χ4v) is 6.89. The van der Waals surface area contributed by atoms with E-state index >= 15 is 0 Å². The first-order valence-corrected chi connectivity index (χ1v) is 12.9. The van der Waals surface area contributed by atoms with Gasteiger partial charge in [-0.25, -0.2) is 4.98 Å². The molecule has 3 saturated carbocycles. The second-order valence-electron chi connectivity index (χ2n) is 9.80. The Bertz CT molecular complexity index is 1180. The fourth-order valence-electron chi connectivity index (χ4n) is 6.18. The van der Waals surface area contributed by atoms with E-state index in [4.69, 9.17) is 9.47 Å². The highest BCUT2D eigenvalue weighted by Crippen LogP contribution is 2.42. The molecule has 0 aromatic carbocycles. The summed E-state index contributed by atoms with van der Waals surface area (Å²) in [5.74, 6) is -3.28. The molecule has 1 spiro atoms. The van der Waals surface area contributed by atoms with Gasteiger partial charge in [0.2, 0.25) is 0 Å². The SMILES string of the molecule is O=C(c1cnc(-c2cccs2)n(C2CCC3(CC2)OCCO3)c1=O)C1C(=O)C2CCC(C2)C1=O. The van der Waals surface area contributed by atoms with Gasteiger partial charge in [0, 0.05) is 36.9 Å². The Morgan fingerprint density at radius 1 is 1.03 bits per heavy atom. The van der Waals surface area contributed by atoms with E-state index in [2.05, 4.69) is 4.98 Å². The van der Waals surface area contributed by atoms with Gasteiger partial charge in [0.1, 0.15) is 11.5 Å². The van der Waals surface area contributed by atoms with Crippen molar-refractivity contribution in [1.29, 1.82) is 0 Å². The van der Waals surface area contributed by atoms with Crippen LogP contribution in [0, 0.1) is 17.8 Å². The zero-order valence-electron chi connectivity index (χ0n) is 18.7. The Morgan fingerprint density at radius 2 is 1.71 bits per heavy atom. The lowest BCUT2D eigenvalue weighted by Gasteiger charge is -2.36. The van der Waals surface area contributed by atoms with E-state index in [1.54, 1.807) is 4.57 Å². The average Bonchev–Trinajstić information content (AvgIpc) is 3.61. The van der Waals surface area contributed by atoms with Crippen molar-refractivity contribution in [3.05, 3.63) is 39.6 Å². The number of hydrogen-bond acceptors (Lipinski definition) is 8. The minimum absolute atomic E-state index is 0.165. The van der Waals surface area contributed by atoms with E-state index in [1.165, 1.54) is 17.5 Å². The molecule has 0 N–H and O–H groups in total. The maximum absolute atomic E-state index is 13.8. The van der Waals surface area contributed by atoms with Crippen molar-refractivity contribution in [2.75, 3.05) is 13.2 Å². The van der Waals surface area contributed by atoms with Gasteiger partial charge < -0.3 is 9.47 Å². The van der Waals surface area contributed by atoms with E-state index in [0.717, 1.165) is 4.88 Å². The number of ether oxygens (including phenoxy) is 2. The highest BCUT2D eigenvalue weighted by atomic mass is 32.1. The highest BCUT2D eigenvalue weighted by molar-refractivity contribution is 7.13. The normalized spacial score (nSPS) is 28.6. The molecule has 0 radical (unpaired) electrons. The Labute approximate surface area is 200 Å². The molecular weight excluding hydrogens is 456 g/mol. The quantitative estimate of drug-likeness (QED) is 0.487. The third-order valence-corrected chi connectivity index (χ3v) is 8.83. The van der Waals surface area contributed by atoms with Crippen LogP contribution < -0.4 is 5.56 Å². The molecule has 0 amide bonds. The molecule has 3 aliphatic carbocycles. The molecule has 2 atom stereocenters. The number of nitrogens with zero attached hydrogens (tertiary/aromatic N) is 2. The lowest BCUT2D eigenvalue weighted by atomic mass is 9.75. The minimum Gasteiger partial charge on any atom is -0.348 e. The monoisotopic (exact) mass is 482 g/mol. The third-order valence-electron chi connectivity index (χ3n) is 7.96. The highest BCUT2D eigenvalue weighted by Gasteiger charge is 2.50. The Hall–Kier alpha value is -2.49. The summed E-state index contributed by atoms with van der Waals surface area (Å²) < 4.78 is 13.3. The number of ketones is 3. The molecule has 178 valence electrons. The molecule has 2 bridgehead atoms. The molecule has 4 aliphatic rings. The number of Topliss-reactive ketones (excluding diaryl/α,β-unsaturated/α-hetero) is 3. The molecule has 2 aromatic rings. The topological polar surface area (TPSA) is 105 Å². The molecule has 6 rings (SSSR count). The van der Waals surface area contributed by atoms with E-state index < -0.39 is 23.0 Å². The van der Waals surface area contributed by atoms with Crippen molar-refractivity contribution in [3.8, 4) is 10.7 Å². The smallest absolute Gasteiger partial charge is 0.264 e. The first-order valence-electron chi connectivity index (χ1n) is 12.0. The van der Waals surface area contributed by atoms with E-state index in [9.17, 15) is 19.2 Å². The van der Waals surface area contributed by atoms with Crippen LogP contribution in [0.15, 0.2) is 28.5 Å². The zero-order valence-corrected chi connectivity index (χ0v) is 19.6. The van der Waals surface area contributed by atoms with Crippen molar-refractivity contribution in [1.82, 2.24) is 9.55 Å². The second kappa shape index (κ2) is 8.32. The van der Waals surface area contributed by atoms with E-state index in [-0.39, 0.29) is 35.0 Å². The van der Waals surface area contributed by atoms with Crippen molar-refractivity contribution in [2.45, 2.75) is 56.8 Å². The number of carbonyl (C=O) groups excluding carboxylic acids is 3. The lowest BCUT2D eigenvalue weighted by molar-refractivity contribution is -0.181. The third kappa shape index (κ3) is 3.44. The number of aromatic nitrogens is 2. The van der Waals surface area contributed by atoms with Crippen LogP contribution in [0.2, 0.25) is 0 Å². The molecule has 34 heavy (non-hydrogen) atoms. The number of thiophene rings is 1. The van der Waals surface area contributed by atoms with Gasteiger partial charge in [-0.1, -0.05) is 6.07 Å². The van der Waals surface area contributed by atoms with Gasteiger partial charge in [0.25, 0.3) is 5.56 Å². The number of carbonyl (C=O) groups is 3. The van der Waals surface area contributed by atoms with E-state index in [1.807, 2.05) is 17.5 Å². The van der Waals surface area contributed by atoms with Crippen LogP contribution in [0.1, 0.15) is 61.3 Å². The summed E-state index contributed by atoms with van der Waals surface area (Å²) in [5, 5.41) is 1.91. The number of hydrogen-bond donors (Lipinski definition) is 0. The van der Waals surface area contributed by atoms with Crippen LogP contribution in [0.4, 0.5) is 0 Å². The number of rotatable bonds is 4. The Morgan fingerprint density at radius 3 is 2.32 bits per heavy atom. The summed E-state index contributed by atoms with van der Waals surface area (Å²) in [6.45, 7) is 1.14. The molecule has 8 nitrogen and oxygen atoms in total. The van der Waals surface area contributed by atoms with Crippen LogP contribution in [0.3, 0.4) is 0 Å². The molecule has 1 aliphatic heterocycles. The van der Waals surface area contributed by atoms with Crippen molar-refractivity contribution < 1.29 is 23.9 Å². The van der Waals surface area contributed by atoms with Crippen LogP contribution in [-0.4, -0.2) is 45.9 Å².